The first-order valence-corrected chi connectivity index (χ1v) is 8.27. The van der Waals surface area contributed by atoms with Crippen LogP contribution in [0.5, 0.6) is 0 Å². The minimum Gasteiger partial charge on any atom is -0.357 e. The summed E-state index contributed by atoms with van der Waals surface area (Å²) >= 11 is 0. The molecule has 25 heavy (non-hydrogen) atoms. The van der Waals surface area contributed by atoms with Crippen LogP contribution in [0.3, 0.4) is 0 Å². The summed E-state index contributed by atoms with van der Waals surface area (Å²) in [5.41, 5.74) is 4.09. The van der Waals surface area contributed by atoms with Crippen molar-refractivity contribution < 1.29 is 4.39 Å². The fourth-order valence-corrected chi connectivity index (χ4v) is 2.62. The number of benzene rings is 1. The van der Waals surface area contributed by atoms with E-state index in [9.17, 15) is 4.39 Å². The number of aliphatic imine (C=N–C) groups is 1. The highest BCUT2D eigenvalue weighted by atomic mass is 127. The number of nitrogens with zero attached hydrogens (tertiary/aromatic N) is 3. The number of hydrogen-bond acceptors (Lipinski definition) is 2. The van der Waals surface area contributed by atoms with Gasteiger partial charge in [-0.1, -0.05) is 18.2 Å². The minimum atomic E-state index is -0.223. The highest BCUT2D eigenvalue weighted by molar-refractivity contribution is 14.0. The Morgan fingerprint density at radius 1 is 1.24 bits per heavy atom. The minimum absolute atomic E-state index is 0. The second-order valence-corrected chi connectivity index (χ2v) is 5.74. The normalized spacial score (nSPS) is 11.2. The highest BCUT2D eigenvalue weighted by Crippen LogP contribution is 2.12. The molecule has 0 atom stereocenters. The van der Waals surface area contributed by atoms with E-state index in [1.807, 2.05) is 31.6 Å². The summed E-state index contributed by atoms with van der Waals surface area (Å²) in [6.45, 7) is 7.93. The first-order valence-electron chi connectivity index (χ1n) is 8.27. The van der Waals surface area contributed by atoms with Crippen LogP contribution in [0, 0.1) is 19.7 Å². The summed E-state index contributed by atoms with van der Waals surface area (Å²) in [5.74, 6) is 0.471. The monoisotopic (exact) mass is 459 g/mol. The van der Waals surface area contributed by atoms with Gasteiger partial charge in [-0.25, -0.2) is 9.38 Å². The van der Waals surface area contributed by atoms with Crippen molar-refractivity contribution in [3.05, 3.63) is 52.6 Å². The molecular formula is C18H27FIN5. The van der Waals surface area contributed by atoms with Crippen molar-refractivity contribution in [2.24, 2.45) is 12.0 Å². The topological polar surface area (TPSA) is 54.2 Å². The molecule has 0 bridgehead atoms. The van der Waals surface area contributed by atoms with Crippen molar-refractivity contribution in [3.8, 4) is 0 Å². The summed E-state index contributed by atoms with van der Waals surface area (Å²) in [7, 11) is 1.96. The molecule has 0 unspecified atom stereocenters. The van der Waals surface area contributed by atoms with Crippen LogP contribution in [0.2, 0.25) is 0 Å². The largest absolute Gasteiger partial charge is 0.357 e. The van der Waals surface area contributed by atoms with E-state index in [0.29, 0.717) is 18.1 Å². The lowest BCUT2D eigenvalue weighted by Gasteiger charge is -2.11. The van der Waals surface area contributed by atoms with E-state index in [2.05, 4.69) is 27.6 Å². The van der Waals surface area contributed by atoms with Gasteiger partial charge in [0.25, 0.3) is 0 Å². The first-order chi connectivity index (χ1) is 11.5. The number of rotatable bonds is 6. The van der Waals surface area contributed by atoms with E-state index in [0.717, 1.165) is 25.2 Å². The highest BCUT2D eigenvalue weighted by Gasteiger charge is 2.09. The van der Waals surface area contributed by atoms with E-state index in [-0.39, 0.29) is 29.8 Å². The smallest absolute Gasteiger partial charge is 0.191 e. The first kappa shape index (κ1) is 21.4. The van der Waals surface area contributed by atoms with E-state index in [4.69, 9.17) is 0 Å². The molecule has 5 nitrogen and oxygen atoms in total. The molecule has 138 valence electrons. The maximum Gasteiger partial charge on any atom is 0.191 e. The van der Waals surface area contributed by atoms with Gasteiger partial charge in [0.1, 0.15) is 5.82 Å². The molecule has 1 aromatic heterocycles. The zero-order valence-electron chi connectivity index (χ0n) is 15.3. The van der Waals surface area contributed by atoms with Gasteiger partial charge in [0, 0.05) is 31.4 Å². The van der Waals surface area contributed by atoms with Crippen LogP contribution in [0.1, 0.15) is 29.4 Å². The Morgan fingerprint density at radius 3 is 2.56 bits per heavy atom. The van der Waals surface area contributed by atoms with Crippen LogP contribution in [-0.2, 0) is 20.0 Å². The standard InChI is InChI=1S/C18H26FN5.HI/c1-5-20-18(22-12-15-8-6-7-9-17(15)19)21-11-10-16-13(2)23-24(4)14(16)3;/h6-9H,5,10-12H2,1-4H3,(H2,20,21,22);1H. The number of aromatic nitrogens is 2. The lowest BCUT2D eigenvalue weighted by molar-refractivity contribution is 0.610. The maximum atomic E-state index is 13.7. The summed E-state index contributed by atoms with van der Waals surface area (Å²) in [6, 6.07) is 6.72. The molecule has 7 heteroatoms. The molecule has 0 spiro atoms. The van der Waals surface area contributed by atoms with Gasteiger partial charge < -0.3 is 10.6 Å². The van der Waals surface area contributed by atoms with Crippen molar-refractivity contribution in [3.63, 3.8) is 0 Å². The van der Waals surface area contributed by atoms with Crippen molar-refractivity contribution >= 4 is 29.9 Å². The third-order valence-electron chi connectivity index (χ3n) is 4.04. The van der Waals surface area contributed by atoms with Crippen LogP contribution in [0.4, 0.5) is 4.39 Å². The van der Waals surface area contributed by atoms with Crippen LogP contribution in [0.15, 0.2) is 29.3 Å². The Labute approximate surface area is 166 Å². The molecule has 0 aliphatic rings. The zero-order valence-corrected chi connectivity index (χ0v) is 17.6. The van der Waals surface area contributed by atoms with E-state index >= 15 is 0 Å². The van der Waals surface area contributed by atoms with Gasteiger partial charge in [-0.05, 0) is 38.8 Å². The Kier molecular flexibility index (Phi) is 8.88. The van der Waals surface area contributed by atoms with Crippen molar-refractivity contribution in [1.29, 1.82) is 0 Å². The van der Waals surface area contributed by atoms with Crippen LogP contribution in [0.25, 0.3) is 0 Å². The summed E-state index contributed by atoms with van der Waals surface area (Å²) in [6.07, 6.45) is 0.871. The molecule has 0 aliphatic heterocycles. The number of hydrogen-bond donors (Lipinski definition) is 2. The third-order valence-corrected chi connectivity index (χ3v) is 4.04. The Balaban J connectivity index is 0.00000312. The van der Waals surface area contributed by atoms with Crippen LogP contribution >= 0.6 is 24.0 Å². The fraction of sp³-hybridized carbons (Fsp3) is 0.444. The van der Waals surface area contributed by atoms with E-state index < -0.39 is 0 Å². The summed E-state index contributed by atoms with van der Waals surface area (Å²) in [4.78, 5) is 4.46. The molecular weight excluding hydrogens is 432 g/mol. The molecule has 0 fully saturated rings. The number of aryl methyl sites for hydroxylation is 2. The molecule has 2 aromatic rings. The van der Waals surface area contributed by atoms with Gasteiger partial charge in [0.05, 0.1) is 12.2 Å². The second kappa shape index (κ2) is 10.4. The third kappa shape index (κ3) is 5.98. The van der Waals surface area contributed by atoms with Gasteiger partial charge >= 0.3 is 0 Å². The van der Waals surface area contributed by atoms with E-state index in [1.165, 1.54) is 17.3 Å². The predicted molar refractivity (Wildman–Crippen MR) is 111 cm³/mol. The number of halogens is 2. The molecule has 2 N–H and O–H groups in total. The van der Waals surface area contributed by atoms with Gasteiger partial charge in [-0.3, -0.25) is 4.68 Å². The molecule has 1 aromatic carbocycles. The molecule has 2 rings (SSSR count). The maximum absolute atomic E-state index is 13.7. The van der Waals surface area contributed by atoms with Crippen LogP contribution in [-0.4, -0.2) is 28.8 Å². The van der Waals surface area contributed by atoms with Crippen molar-refractivity contribution in [1.82, 2.24) is 20.4 Å². The second-order valence-electron chi connectivity index (χ2n) is 5.74. The summed E-state index contributed by atoms with van der Waals surface area (Å²) in [5, 5.41) is 10.9. The van der Waals surface area contributed by atoms with Gasteiger partial charge in [-0.15, -0.1) is 24.0 Å². The molecule has 0 saturated carbocycles. The van der Waals surface area contributed by atoms with Gasteiger partial charge in [-0.2, -0.15) is 5.10 Å². The average molecular weight is 459 g/mol. The fourth-order valence-electron chi connectivity index (χ4n) is 2.62. The predicted octanol–water partition coefficient (Wildman–Crippen LogP) is 3.09. The molecule has 0 amide bonds. The lowest BCUT2D eigenvalue weighted by Crippen LogP contribution is -2.38. The number of nitrogens with one attached hydrogen (secondary N) is 2. The quantitative estimate of drug-likeness (QED) is 0.397. The molecule has 1 heterocycles. The number of guanidine groups is 1. The van der Waals surface area contributed by atoms with Gasteiger partial charge in [0.2, 0.25) is 0 Å². The molecule has 0 saturated heterocycles. The van der Waals surface area contributed by atoms with Gasteiger partial charge in [0.15, 0.2) is 5.96 Å². The lowest BCUT2D eigenvalue weighted by atomic mass is 10.1. The van der Waals surface area contributed by atoms with Crippen molar-refractivity contribution in [2.75, 3.05) is 13.1 Å². The Morgan fingerprint density at radius 2 is 1.96 bits per heavy atom. The van der Waals surface area contributed by atoms with Crippen LogP contribution < -0.4 is 10.6 Å². The Hall–Kier alpha value is -1.64. The Bertz CT molecular complexity index is 711. The van der Waals surface area contributed by atoms with E-state index in [1.54, 1.807) is 12.1 Å². The zero-order chi connectivity index (χ0) is 17.5. The molecule has 0 aliphatic carbocycles. The summed E-state index contributed by atoms with van der Waals surface area (Å²) < 4.78 is 15.6. The average Bonchev–Trinajstić information content (AvgIpc) is 2.80. The SMILES string of the molecule is CCNC(=NCc1ccccc1F)NCCc1c(C)nn(C)c1C.I. The molecule has 0 radical (unpaired) electrons. The van der Waals surface area contributed by atoms with Crippen molar-refractivity contribution in [2.45, 2.75) is 33.7 Å².